The van der Waals surface area contributed by atoms with Crippen molar-refractivity contribution in [1.82, 2.24) is 19.1 Å². The summed E-state index contributed by atoms with van der Waals surface area (Å²) in [6.07, 6.45) is 8.79. The first-order valence-electron chi connectivity index (χ1n) is 17.2. The van der Waals surface area contributed by atoms with Crippen LogP contribution in [0.15, 0.2) is 170 Å². The van der Waals surface area contributed by atoms with Crippen LogP contribution in [0.5, 0.6) is 0 Å². The molecule has 9 aromatic rings. The standard InChI is InChI=1S/C46H32N4/c1-3-15-31(16-4-1)39-30-40(32-17-5-2-6-18-32)48-46(47-39)38-29-33(49-41-23-11-7-19-34(41)35-20-8-12-24-42(35)49)27-28-45(38)50-43-25-13-9-21-36(43)37-22-10-14-26-44(37)50/h1,3-5,7-30H,2,6H2. The highest BCUT2D eigenvalue weighted by Crippen LogP contribution is 2.39. The predicted octanol–water partition coefficient (Wildman–Crippen LogP) is 11.7. The Labute approximate surface area is 289 Å². The van der Waals surface area contributed by atoms with Gasteiger partial charge in [-0.05, 0) is 66.9 Å². The zero-order valence-electron chi connectivity index (χ0n) is 27.4. The molecular weight excluding hydrogens is 609 g/mol. The Hall–Kier alpha value is -6.52. The van der Waals surface area contributed by atoms with Gasteiger partial charge in [0, 0.05) is 38.4 Å². The van der Waals surface area contributed by atoms with Crippen LogP contribution >= 0.6 is 0 Å². The molecule has 10 rings (SSSR count). The second-order valence-corrected chi connectivity index (χ2v) is 12.9. The molecule has 1 aliphatic carbocycles. The maximum absolute atomic E-state index is 5.38. The Bertz CT molecular complexity index is 2710. The average molecular weight is 641 g/mol. The molecule has 0 aliphatic heterocycles. The second-order valence-electron chi connectivity index (χ2n) is 12.9. The molecule has 0 N–H and O–H groups in total. The van der Waals surface area contributed by atoms with Crippen LogP contribution in [0.2, 0.25) is 0 Å². The Morgan fingerprint density at radius 3 is 1.58 bits per heavy atom. The van der Waals surface area contributed by atoms with Crippen LogP contribution < -0.4 is 0 Å². The summed E-state index contributed by atoms with van der Waals surface area (Å²) in [6.45, 7) is 0. The number of allylic oxidation sites excluding steroid dienone is 4. The van der Waals surface area contributed by atoms with Gasteiger partial charge >= 0.3 is 0 Å². The Morgan fingerprint density at radius 2 is 1.00 bits per heavy atom. The minimum Gasteiger partial charge on any atom is -0.309 e. The monoisotopic (exact) mass is 640 g/mol. The molecular formula is C46H32N4. The molecule has 6 aromatic carbocycles. The van der Waals surface area contributed by atoms with E-state index in [0.717, 1.165) is 63.3 Å². The first kappa shape index (κ1) is 28.5. The van der Waals surface area contributed by atoms with E-state index in [9.17, 15) is 0 Å². The van der Waals surface area contributed by atoms with Crippen LogP contribution in [0.4, 0.5) is 0 Å². The number of aromatic nitrogens is 4. The molecule has 3 aromatic heterocycles. The molecule has 0 atom stereocenters. The third-order valence-corrected chi connectivity index (χ3v) is 9.97. The molecule has 0 saturated heterocycles. The molecule has 236 valence electrons. The van der Waals surface area contributed by atoms with Gasteiger partial charge in [0.05, 0.1) is 39.1 Å². The van der Waals surface area contributed by atoms with Crippen molar-refractivity contribution in [2.75, 3.05) is 0 Å². The van der Waals surface area contributed by atoms with Crippen molar-refractivity contribution in [3.05, 3.63) is 176 Å². The summed E-state index contributed by atoms with van der Waals surface area (Å²) in [5.41, 5.74) is 11.7. The Balaban J connectivity index is 1.31. The van der Waals surface area contributed by atoms with E-state index < -0.39 is 0 Å². The molecule has 4 nitrogen and oxygen atoms in total. The zero-order valence-corrected chi connectivity index (χ0v) is 27.4. The van der Waals surface area contributed by atoms with Gasteiger partial charge in [0.2, 0.25) is 0 Å². The number of rotatable bonds is 5. The van der Waals surface area contributed by atoms with Crippen molar-refractivity contribution in [2.45, 2.75) is 12.8 Å². The van der Waals surface area contributed by atoms with Gasteiger partial charge in [0.25, 0.3) is 0 Å². The largest absolute Gasteiger partial charge is 0.309 e. The summed E-state index contributed by atoms with van der Waals surface area (Å²) >= 11 is 0. The van der Waals surface area contributed by atoms with Crippen LogP contribution in [0.25, 0.3) is 83.2 Å². The van der Waals surface area contributed by atoms with Crippen molar-refractivity contribution >= 4 is 49.2 Å². The number of nitrogens with zero attached hydrogens (tertiary/aromatic N) is 4. The van der Waals surface area contributed by atoms with Crippen LogP contribution in [0.1, 0.15) is 18.5 Å². The van der Waals surface area contributed by atoms with Crippen molar-refractivity contribution in [1.29, 1.82) is 0 Å². The summed E-state index contributed by atoms with van der Waals surface area (Å²) in [4.78, 5) is 10.7. The maximum Gasteiger partial charge on any atom is 0.162 e. The average Bonchev–Trinajstić information content (AvgIpc) is 3.71. The second kappa shape index (κ2) is 11.6. The number of hydrogen-bond acceptors (Lipinski definition) is 2. The SMILES string of the molecule is C1=CC(c2cc(-c3ccccc3)nc(-c3cc(-n4c5ccccc5c5ccccc54)ccc3-n3c4ccccc4c4ccccc43)n2)=CCC1. The van der Waals surface area contributed by atoms with E-state index in [4.69, 9.17) is 9.97 Å². The minimum atomic E-state index is 0.695. The first-order valence-corrected chi connectivity index (χ1v) is 17.2. The van der Waals surface area contributed by atoms with Gasteiger partial charge in [-0.1, -0.05) is 121 Å². The highest BCUT2D eigenvalue weighted by Gasteiger charge is 2.21. The highest BCUT2D eigenvalue weighted by atomic mass is 15.0. The summed E-state index contributed by atoms with van der Waals surface area (Å²) in [5, 5.41) is 4.91. The molecule has 4 heteroatoms. The van der Waals surface area contributed by atoms with Crippen LogP contribution in [-0.4, -0.2) is 19.1 Å². The minimum absolute atomic E-state index is 0.695. The lowest BCUT2D eigenvalue weighted by molar-refractivity contribution is 1.03. The van der Waals surface area contributed by atoms with E-state index in [1.165, 1.54) is 32.6 Å². The van der Waals surface area contributed by atoms with Crippen molar-refractivity contribution in [3.63, 3.8) is 0 Å². The van der Waals surface area contributed by atoms with E-state index in [0.29, 0.717) is 5.82 Å². The molecule has 0 radical (unpaired) electrons. The third-order valence-electron chi connectivity index (χ3n) is 9.97. The molecule has 0 amide bonds. The van der Waals surface area contributed by atoms with Gasteiger partial charge in [-0.25, -0.2) is 9.97 Å². The third kappa shape index (κ3) is 4.53. The molecule has 0 fully saturated rings. The topological polar surface area (TPSA) is 35.6 Å². The van der Waals surface area contributed by atoms with Gasteiger partial charge in [0.1, 0.15) is 0 Å². The van der Waals surface area contributed by atoms with E-state index in [-0.39, 0.29) is 0 Å². The molecule has 1 aliphatic rings. The first-order chi connectivity index (χ1) is 24.8. The van der Waals surface area contributed by atoms with Crippen molar-refractivity contribution in [2.24, 2.45) is 0 Å². The smallest absolute Gasteiger partial charge is 0.162 e. The molecule has 0 bridgehead atoms. The fourth-order valence-electron chi connectivity index (χ4n) is 7.70. The number of fused-ring (bicyclic) bond motifs is 6. The van der Waals surface area contributed by atoms with Crippen LogP contribution in [0.3, 0.4) is 0 Å². The van der Waals surface area contributed by atoms with Gasteiger partial charge in [0.15, 0.2) is 5.82 Å². The summed E-state index contributed by atoms with van der Waals surface area (Å²) in [5.74, 6) is 0.695. The van der Waals surface area contributed by atoms with Crippen molar-refractivity contribution < 1.29 is 0 Å². The normalized spacial score (nSPS) is 13.1. The van der Waals surface area contributed by atoms with Gasteiger partial charge in [-0.2, -0.15) is 0 Å². The van der Waals surface area contributed by atoms with E-state index in [1.54, 1.807) is 0 Å². The summed E-state index contributed by atoms with van der Waals surface area (Å²) in [6, 6.07) is 54.0. The Morgan fingerprint density at radius 1 is 0.460 bits per heavy atom. The fraction of sp³-hybridized carbons (Fsp3) is 0.0435. The van der Waals surface area contributed by atoms with Crippen LogP contribution in [0, 0.1) is 0 Å². The fourth-order valence-corrected chi connectivity index (χ4v) is 7.70. The molecule has 0 unspecified atom stereocenters. The lowest BCUT2D eigenvalue weighted by atomic mass is 10.0. The quantitative estimate of drug-likeness (QED) is 0.188. The number of para-hydroxylation sites is 4. The maximum atomic E-state index is 5.38. The Kier molecular flexibility index (Phi) is 6.59. The van der Waals surface area contributed by atoms with Crippen molar-refractivity contribution in [3.8, 4) is 34.0 Å². The van der Waals surface area contributed by atoms with Gasteiger partial charge in [-0.15, -0.1) is 0 Å². The van der Waals surface area contributed by atoms with E-state index in [2.05, 4.69) is 179 Å². The molecule has 0 saturated carbocycles. The predicted molar refractivity (Wildman–Crippen MR) is 208 cm³/mol. The lowest BCUT2D eigenvalue weighted by Gasteiger charge is -2.18. The van der Waals surface area contributed by atoms with E-state index in [1.807, 2.05) is 0 Å². The lowest BCUT2D eigenvalue weighted by Crippen LogP contribution is -2.04. The summed E-state index contributed by atoms with van der Waals surface area (Å²) in [7, 11) is 0. The van der Waals surface area contributed by atoms with Crippen LogP contribution in [-0.2, 0) is 0 Å². The van der Waals surface area contributed by atoms with Gasteiger partial charge in [-0.3, -0.25) is 0 Å². The van der Waals surface area contributed by atoms with E-state index >= 15 is 0 Å². The molecule has 50 heavy (non-hydrogen) atoms. The number of benzene rings is 6. The summed E-state index contributed by atoms with van der Waals surface area (Å²) < 4.78 is 4.76. The highest BCUT2D eigenvalue weighted by molar-refractivity contribution is 6.11. The van der Waals surface area contributed by atoms with Gasteiger partial charge < -0.3 is 9.13 Å². The molecule has 3 heterocycles. The molecule has 0 spiro atoms. The zero-order chi connectivity index (χ0) is 33.0. The number of hydrogen-bond donors (Lipinski definition) is 0.